The lowest BCUT2D eigenvalue weighted by molar-refractivity contribution is 0.948. The van der Waals surface area contributed by atoms with Crippen molar-refractivity contribution in [2.75, 3.05) is 5.32 Å². The number of imidazole rings is 1. The fraction of sp³-hybridized carbons (Fsp3) is 0.118. The van der Waals surface area contributed by atoms with E-state index in [9.17, 15) is 0 Å². The molecule has 1 N–H and O–H groups in total. The minimum Gasteiger partial charge on any atom is -0.339 e. The Morgan fingerprint density at radius 1 is 1.00 bits per heavy atom. The van der Waals surface area contributed by atoms with Crippen molar-refractivity contribution in [3.05, 3.63) is 54.6 Å². The largest absolute Gasteiger partial charge is 0.339 e. The number of anilines is 2. The van der Waals surface area contributed by atoms with Gasteiger partial charge in [0.25, 0.3) is 0 Å². The van der Waals surface area contributed by atoms with Crippen molar-refractivity contribution in [3.63, 3.8) is 0 Å². The molecule has 0 amide bonds. The van der Waals surface area contributed by atoms with Crippen LogP contribution in [0.3, 0.4) is 0 Å². The zero-order valence-corrected chi connectivity index (χ0v) is 12.4. The van der Waals surface area contributed by atoms with E-state index < -0.39 is 0 Å². The van der Waals surface area contributed by atoms with Crippen LogP contribution in [0.15, 0.2) is 49.1 Å². The highest BCUT2D eigenvalue weighted by Crippen LogP contribution is 2.27. The normalized spacial score (nSPS) is 11.2. The average molecular weight is 289 g/mol. The molecule has 0 spiro atoms. The monoisotopic (exact) mass is 289 g/mol. The molecule has 108 valence electrons. The first-order valence-electron chi connectivity index (χ1n) is 7.11. The summed E-state index contributed by atoms with van der Waals surface area (Å²) in [5.41, 5.74) is 5.12. The topological polar surface area (TPSA) is 55.6 Å². The molecule has 0 saturated carbocycles. The van der Waals surface area contributed by atoms with Crippen LogP contribution >= 0.6 is 0 Å². The third-order valence-corrected chi connectivity index (χ3v) is 3.88. The zero-order chi connectivity index (χ0) is 15.1. The third kappa shape index (κ3) is 1.98. The molecule has 2 aromatic carbocycles. The number of fused-ring (bicyclic) bond motifs is 2. The number of hydrogen-bond donors (Lipinski definition) is 1. The minimum absolute atomic E-state index is 0.808. The van der Waals surface area contributed by atoms with E-state index in [0.717, 1.165) is 33.4 Å². The highest BCUT2D eigenvalue weighted by Gasteiger charge is 2.09. The van der Waals surface area contributed by atoms with Crippen LogP contribution < -0.4 is 5.32 Å². The van der Waals surface area contributed by atoms with E-state index in [1.54, 1.807) is 6.33 Å². The molecular weight excluding hydrogens is 274 g/mol. The van der Waals surface area contributed by atoms with Gasteiger partial charge < -0.3 is 9.88 Å². The molecule has 5 nitrogen and oxygen atoms in total. The van der Waals surface area contributed by atoms with Gasteiger partial charge in [-0.05, 0) is 30.7 Å². The van der Waals surface area contributed by atoms with Crippen molar-refractivity contribution in [2.24, 2.45) is 7.05 Å². The van der Waals surface area contributed by atoms with Gasteiger partial charge in [0.15, 0.2) is 0 Å². The average Bonchev–Trinajstić information content (AvgIpc) is 2.89. The molecule has 0 unspecified atom stereocenters. The van der Waals surface area contributed by atoms with E-state index in [2.05, 4.69) is 39.3 Å². The van der Waals surface area contributed by atoms with E-state index in [-0.39, 0.29) is 0 Å². The standard InChI is InChI=1S/C17H15N5/c1-11-5-3-4-6-13(11)21-17-12-7-16-15(20-10-22(16)2)8-14(12)18-9-19-17/h3-10H,1-2H3,(H,18,19,21). The second-order valence-corrected chi connectivity index (χ2v) is 5.38. The van der Waals surface area contributed by atoms with Crippen LogP contribution in [0, 0.1) is 6.92 Å². The third-order valence-electron chi connectivity index (χ3n) is 3.88. The second-order valence-electron chi connectivity index (χ2n) is 5.38. The van der Waals surface area contributed by atoms with E-state index in [0.29, 0.717) is 0 Å². The minimum atomic E-state index is 0.808. The maximum Gasteiger partial charge on any atom is 0.141 e. The molecule has 0 radical (unpaired) electrons. The lowest BCUT2D eigenvalue weighted by Gasteiger charge is -2.10. The molecule has 0 aliphatic heterocycles. The number of nitrogens with one attached hydrogen (secondary N) is 1. The van der Waals surface area contributed by atoms with Gasteiger partial charge in [0, 0.05) is 18.1 Å². The predicted molar refractivity (Wildman–Crippen MR) is 88.3 cm³/mol. The summed E-state index contributed by atoms with van der Waals surface area (Å²) in [4.78, 5) is 13.2. The first-order valence-corrected chi connectivity index (χ1v) is 7.11. The number of aryl methyl sites for hydroxylation is 2. The molecule has 4 aromatic rings. The number of aromatic nitrogens is 4. The number of para-hydroxylation sites is 1. The summed E-state index contributed by atoms with van der Waals surface area (Å²) < 4.78 is 2.00. The maximum absolute atomic E-state index is 4.41. The van der Waals surface area contributed by atoms with Gasteiger partial charge in [-0.25, -0.2) is 15.0 Å². The predicted octanol–water partition coefficient (Wildman–Crippen LogP) is 3.57. The molecule has 0 saturated heterocycles. The van der Waals surface area contributed by atoms with Crippen molar-refractivity contribution in [1.29, 1.82) is 0 Å². The Labute approximate surface area is 127 Å². The Bertz CT molecular complexity index is 987. The number of benzene rings is 2. The Kier molecular flexibility index (Phi) is 2.79. The Hall–Kier alpha value is -2.95. The van der Waals surface area contributed by atoms with Crippen molar-refractivity contribution >= 4 is 33.4 Å². The summed E-state index contributed by atoms with van der Waals surface area (Å²) >= 11 is 0. The Balaban J connectivity index is 1.92. The summed E-state index contributed by atoms with van der Waals surface area (Å²) in [6.07, 6.45) is 3.39. The van der Waals surface area contributed by atoms with Gasteiger partial charge in [-0.2, -0.15) is 0 Å². The van der Waals surface area contributed by atoms with Gasteiger partial charge in [0.1, 0.15) is 12.1 Å². The zero-order valence-electron chi connectivity index (χ0n) is 12.4. The molecule has 2 heterocycles. The van der Waals surface area contributed by atoms with Crippen LogP contribution in [-0.2, 0) is 7.05 Å². The van der Waals surface area contributed by atoms with Crippen LogP contribution in [0.25, 0.3) is 21.9 Å². The molecular formula is C17H15N5. The molecule has 0 fully saturated rings. The molecule has 0 aliphatic carbocycles. The van der Waals surface area contributed by atoms with Crippen LogP contribution in [0.4, 0.5) is 11.5 Å². The van der Waals surface area contributed by atoms with Gasteiger partial charge in [0.05, 0.1) is 22.9 Å². The fourth-order valence-electron chi connectivity index (χ4n) is 2.62. The Morgan fingerprint density at radius 2 is 1.86 bits per heavy atom. The highest BCUT2D eigenvalue weighted by molar-refractivity contribution is 5.99. The van der Waals surface area contributed by atoms with Gasteiger partial charge in [0.2, 0.25) is 0 Å². The van der Waals surface area contributed by atoms with E-state index in [1.165, 1.54) is 5.56 Å². The second kappa shape index (κ2) is 4.80. The van der Waals surface area contributed by atoms with E-state index in [1.807, 2.05) is 42.2 Å². The van der Waals surface area contributed by atoms with Crippen LogP contribution in [-0.4, -0.2) is 19.5 Å². The van der Waals surface area contributed by atoms with E-state index in [4.69, 9.17) is 0 Å². The molecule has 5 heteroatoms. The van der Waals surface area contributed by atoms with E-state index >= 15 is 0 Å². The van der Waals surface area contributed by atoms with Crippen molar-refractivity contribution in [3.8, 4) is 0 Å². The molecule has 4 rings (SSSR count). The lowest BCUT2D eigenvalue weighted by atomic mass is 10.1. The van der Waals surface area contributed by atoms with Gasteiger partial charge in [-0.3, -0.25) is 0 Å². The maximum atomic E-state index is 4.41. The number of nitrogens with zero attached hydrogens (tertiary/aromatic N) is 4. The SMILES string of the molecule is Cc1ccccc1Nc1ncnc2cc3ncn(C)c3cc12. The smallest absolute Gasteiger partial charge is 0.141 e. The van der Waals surface area contributed by atoms with Crippen molar-refractivity contribution in [2.45, 2.75) is 6.92 Å². The summed E-state index contributed by atoms with van der Waals surface area (Å²) in [7, 11) is 1.99. The van der Waals surface area contributed by atoms with Crippen molar-refractivity contribution in [1.82, 2.24) is 19.5 Å². The van der Waals surface area contributed by atoms with Crippen LogP contribution in [0.5, 0.6) is 0 Å². The summed E-state index contributed by atoms with van der Waals surface area (Å²) in [6, 6.07) is 12.2. The number of rotatable bonds is 2. The summed E-state index contributed by atoms with van der Waals surface area (Å²) in [5.74, 6) is 0.808. The van der Waals surface area contributed by atoms with Crippen LogP contribution in [0.2, 0.25) is 0 Å². The lowest BCUT2D eigenvalue weighted by Crippen LogP contribution is -1.98. The number of hydrogen-bond acceptors (Lipinski definition) is 4. The summed E-state index contributed by atoms with van der Waals surface area (Å²) in [5, 5.41) is 4.40. The fourth-order valence-corrected chi connectivity index (χ4v) is 2.62. The van der Waals surface area contributed by atoms with Crippen molar-refractivity contribution < 1.29 is 0 Å². The molecule has 2 aromatic heterocycles. The highest BCUT2D eigenvalue weighted by atomic mass is 15.0. The Morgan fingerprint density at radius 3 is 2.73 bits per heavy atom. The van der Waals surface area contributed by atoms with Gasteiger partial charge in [-0.1, -0.05) is 18.2 Å². The first-order chi connectivity index (χ1) is 10.7. The molecule has 22 heavy (non-hydrogen) atoms. The first kappa shape index (κ1) is 12.8. The molecule has 0 atom stereocenters. The molecule has 0 aliphatic rings. The van der Waals surface area contributed by atoms with Gasteiger partial charge in [-0.15, -0.1) is 0 Å². The summed E-state index contributed by atoms with van der Waals surface area (Å²) in [6.45, 7) is 2.07. The van der Waals surface area contributed by atoms with Gasteiger partial charge >= 0.3 is 0 Å². The van der Waals surface area contributed by atoms with Crippen LogP contribution in [0.1, 0.15) is 5.56 Å². The molecule has 0 bridgehead atoms. The quantitative estimate of drug-likeness (QED) is 0.613.